The number of hydrogen-bond acceptors (Lipinski definition) is 3. The summed E-state index contributed by atoms with van der Waals surface area (Å²) in [6.07, 6.45) is 3.20. The van der Waals surface area contributed by atoms with Crippen molar-refractivity contribution in [2.75, 3.05) is 5.32 Å². The van der Waals surface area contributed by atoms with Crippen LogP contribution in [0.2, 0.25) is 0 Å². The Morgan fingerprint density at radius 2 is 1.88 bits per heavy atom. The SMILES string of the molecule is O=C1CCC2(CC1)NCc1ccccc1N2. The van der Waals surface area contributed by atoms with Crippen molar-refractivity contribution < 1.29 is 4.79 Å². The largest absolute Gasteiger partial charge is 0.367 e. The Bertz CT molecular complexity index is 418. The Hall–Kier alpha value is -1.35. The summed E-state index contributed by atoms with van der Waals surface area (Å²) in [5, 5.41) is 7.12. The molecule has 1 heterocycles. The lowest BCUT2D eigenvalue weighted by atomic mass is 9.86. The lowest BCUT2D eigenvalue weighted by Crippen LogP contribution is -2.56. The number of nitrogens with one attached hydrogen (secondary N) is 2. The Morgan fingerprint density at radius 3 is 2.69 bits per heavy atom. The van der Waals surface area contributed by atoms with E-state index in [0.717, 1.165) is 19.4 Å². The fourth-order valence-electron chi connectivity index (χ4n) is 2.62. The summed E-state index contributed by atoms with van der Waals surface area (Å²) in [7, 11) is 0. The maximum absolute atomic E-state index is 11.3. The van der Waals surface area contributed by atoms with E-state index in [-0.39, 0.29) is 5.66 Å². The number of ketones is 1. The van der Waals surface area contributed by atoms with E-state index in [4.69, 9.17) is 0 Å². The quantitative estimate of drug-likeness (QED) is 0.697. The highest BCUT2D eigenvalue weighted by Crippen LogP contribution is 2.33. The van der Waals surface area contributed by atoms with Gasteiger partial charge in [0.1, 0.15) is 5.78 Å². The molecule has 1 aliphatic heterocycles. The number of benzene rings is 1. The molecule has 0 radical (unpaired) electrons. The molecule has 1 spiro atoms. The normalized spacial score (nSPS) is 22.6. The van der Waals surface area contributed by atoms with Crippen LogP contribution in [0.4, 0.5) is 5.69 Å². The van der Waals surface area contributed by atoms with Gasteiger partial charge in [-0.3, -0.25) is 10.1 Å². The first-order valence-corrected chi connectivity index (χ1v) is 5.90. The summed E-state index contributed by atoms with van der Waals surface area (Å²) in [5.41, 5.74) is 2.49. The summed E-state index contributed by atoms with van der Waals surface area (Å²) in [5.74, 6) is 0.396. The minimum absolute atomic E-state index is 0.0394. The number of anilines is 1. The van der Waals surface area contributed by atoms with E-state index in [1.54, 1.807) is 0 Å². The lowest BCUT2D eigenvalue weighted by Gasteiger charge is -2.43. The molecule has 16 heavy (non-hydrogen) atoms. The van der Waals surface area contributed by atoms with Gasteiger partial charge in [-0.2, -0.15) is 0 Å². The summed E-state index contributed by atoms with van der Waals surface area (Å²) in [6.45, 7) is 0.900. The second-order valence-corrected chi connectivity index (χ2v) is 4.76. The molecule has 1 saturated carbocycles. The molecule has 3 rings (SSSR count). The van der Waals surface area contributed by atoms with Gasteiger partial charge in [0.2, 0.25) is 0 Å². The smallest absolute Gasteiger partial charge is 0.133 e. The average molecular weight is 216 g/mol. The second kappa shape index (κ2) is 3.59. The number of carbonyl (C=O) groups is 1. The zero-order valence-electron chi connectivity index (χ0n) is 9.25. The van der Waals surface area contributed by atoms with Crippen LogP contribution in [-0.4, -0.2) is 11.4 Å². The van der Waals surface area contributed by atoms with Crippen LogP contribution >= 0.6 is 0 Å². The van der Waals surface area contributed by atoms with Crippen molar-refractivity contribution in [1.29, 1.82) is 0 Å². The van der Waals surface area contributed by atoms with Gasteiger partial charge >= 0.3 is 0 Å². The number of rotatable bonds is 0. The van der Waals surface area contributed by atoms with E-state index < -0.39 is 0 Å². The third-order valence-corrected chi connectivity index (χ3v) is 3.67. The minimum Gasteiger partial charge on any atom is -0.367 e. The maximum Gasteiger partial charge on any atom is 0.133 e. The predicted molar refractivity (Wildman–Crippen MR) is 63.1 cm³/mol. The fraction of sp³-hybridized carbons (Fsp3) is 0.462. The molecular formula is C13H16N2O. The third-order valence-electron chi connectivity index (χ3n) is 3.67. The van der Waals surface area contributed by atoms with Crippen molar-refractivity contribution >= 4 is 11.5 Å². The van der Waals surface area contributed by atoms with Gasteiger partial charge in [0.25, 0.3) is 0 Å². The molecule has 0 unspecified atom stereocenters. The zero-order chi connectivity index (χ0) is 11.0. The Labute approximate surface area is 95.2 Å². The van der Waals surface area contributed by atoms with E-state index in [9.17, 15) is 4.79 Å². The third kappa shape index (κ3) is 1.61. The monoisotopic (exact) mass is 216 g/mol. The second-order valence-electron chi connectivity index (χ2n) is 4.76. The molecule has 0 saturated heterocycles. The predicted octanol–water partition coefficient (Wildman–Crippen LogP) is 2.04. The van der Waals surface area contributed by atoms with Gasteiger partial charge in [0.05, 0.1) is 5.66 Å². The van der Waals surface area contributed by atoms with E-state index in [1.807, 2.05) is 0 Å². The van der Waals surface area contributed by atoms with Gasteiger partial charge in [-0.1, -0.05) is 18.2 Å². The number of para-hydroxylation sites is 1. The minimum atomic E-state index is -0.0394. The van der Waals surface area contributed by atoms with E-state index >= 15 is 0 Å². The molecule has 1 aliphatic carbocycles. The standard InChI is InChI=1S/C13H16N2O/c16-11-5-7-13(8-6-11)14-9-10-3-1-2-4-12(10)15-13/h1-4,14-15H,5-9H2. The molecule has 1 aromatic carbocycles. The molecule has 84 valence electrons. The van der Waals surface area contributed by atoms with Crippen molar-refractivity contribution in [2.24, 2.45) is 0 Å². The zero-order valence-corrected chi connectivity index (χ0v) is 9.25. The van der Waals surface area contributed by atoms with Gasteiger partial charge < -0.3 is 5.32 Å². The molecule has 2 aliphatic rings. The molecule has 0 aromatic heterocycles. The Morgan fingerprint density at radius 1 is 1.12 bits per heavy atom. The first-order valence-electron chi connectivity index (χ1n) is 5.90. The lowest BCUT2D eigenvalue weighted by molar-refractivity contribution is -0.121. The molecule has 3 nitrogen and oxygen atoms in total. The van der Waals surface area contributed by atoms with Crippen LogP contribution in [-0.2, 0) is 11.3 Å². The van der Waals surface area contributed by atoms with Crippen LogP contribution in [0.1, 0.15) is 31.2 Å². The van der Waals surface area contributed by atoms with Crippen molar-refractivity contribution in [3.05, 3.63) is 29.8 Å². The van der Waals surface area contributed by atoms with Crippen molar-refractivity contribution in [1.82, 2.24) is 5.32 Å². The highest BCUT2D eigenvalue weighted by molar-refractivity contribution is 5.79. The van der Waals surface area contributed by atoms with Gasteiger partial charge in [-0.05, 0) is 24.5 Å². The number of Topliss-reactive ketones (excluding diaryl/α,β-unsaturated/α-hetero) is 1. The molecular weight excluding hydrogens is 200 g/mol. The fourth-order valence-corrected chi connectivity index (χ4v) is 2.62. The van der Waals surface area contributed by atoms with Crippen LogP contribution in [0.15, 0.2) is 24.3 Å². The van der Waals surface area contributed by atoms with Gasteiger partial charge in [-0.25, -0.2) is 0 Å². The maximum atomic E-state index is 11.3. The van der Waals surface area contributed by atoms with Crippen molar-refractivity contribution in [3.8, 4) is 0 Å². The van der Waals surface area contributed by atoms with E-state index in [0.29, 0.717) is 18.6 Å². The molecule has 1 fully saturated rings. The number of carbonyl (C=O) groups excluding carboxylic acids is 1. The summed E-state index contributed by atoms with van der Waals surface area (Å²) in [6, 6.07) is 8.37. The molecule has 0 amide bonds. The van der Waals surface area contributed by atoms with Crippen LogP contribution < -0.4 is 10.6 Å². The van der Waals surface area contributed by atoms with Crippen LogP contribution in [0.5, 0.6) is 0 Å². The Kier molecular flexibility index (Phi) is 2.21. The highest BCUT2D eigenvalue weighted by atomic mass is 16.1. The van der Waals surface area contributed by atoms with Crippen LogP contribution in [0.3, 0.4) is 0 Å². The molecule has 0 bridgehead atoms. The van der Waals surface area contributed by atoms with Crippen LogP contribution in [0.25, 0.3) is 0 Å². The number of hydrogen-bond donors (Lipinski definition) is 2. The summed E-state index contributed by atoms with van der Waals surface area (Å²) in [4.78, 5) is 11.3. The highest BCUT2D eigenvalue weighted by Gasteiger charge is 2.36. The molecule has 3 heteroatoms. The van der Waals surface area contributed by atoms with Gasteiger partial charge in [0.15, 0.2) is 0 Å². The average Bonchev–Trinajstić information content (AvgIpc) is 2.33. The summed E-state index contributed by atoms with van der Waals surface area (Å²) < 4.78 is 0. The van der Waals surface area contributed by atoms with E-state index in [1.165, 1.54) is 11.3 Å². The molecule has 0 atom stereocenters. The summed E-state index contributed by atoms with van der Waals surface area (Å²) >= 11 is 0. The van der Waals surface area contributed by atoms with Crippen LogP contribution in [0, 0.1) is 0 Å². The first kappa shape index (κ1) is 9.85. The van der Waals surface area contributed by atoms with Gasteiger partial charge in [0, 0.05) is 25.1 Å². The number of fused-ring (bicyclic) bond motifs is 1. The molecule has 2 N–H and O–H groups in total. The topological polar surface area (TPSA) is 41.1 Å². The first-order chi connectivity index (χ1) is 7.77. The molecule has 1 aromatic rings. The Balaban J connectivity index is 1.84. The van der Waals surface area contributed by atoms with Crippen molar-refractivity contribution in [2.45, 2.75) is 37.9 Å². The van der Waals surface area contributed by atoms with Crippen molar-refractivity contribution in [3.63, 3.8) is 0 Å². The van der Waals surface area contributed by atoms with Gasteiger partial charge in [-0.15, -0.1) is 0 Å². The van der Waals surface area contributed by atoms with E-state index in [2.05, 4.69) is 34.9 Å².